The molecule has 0 aliphatic heterocycles. The number of carbonyl (C=O) groups is 1. The Labute approximate surface area is 497 Å². The largest absolute Gasteiger partial charge is 0.376 e. The third kappa shape index (κ3) is 25.0. The molecule has 0 heterocycles. The molecule has 0 aromatic carbocycles. The summed E-state index contributed by atoms with van der Waals surface area (Å²) in [6, 6.07) is 0. The van der Waals surface area contributed by atoms with E-state index in [0.29, 0.717) is 50.9 Å². The highest BCUT2D eigenvalue weighted by Gasteiger charge is 2.54. The van der Waals surface area contributed by atoms with E-state index in [2.05, 4.69) is 189 Å². The lowest BCUT2D eigenvalue weighted by Crippen LogP contribution is -2.53. The zero-order chi connectivity index (χ0) is 62.4. The van der Waals surface area contributed by atoms with Gasteiger partial charge in [-0.15, -0.1) is 33.6 Å². The van der Waals surface area contributed by atoms with E-state index in [1.165, 1.54) is 0 Å². The number of nitrogens with one attached hydrogen (secondary N) is 1. The summed E-state index contributed by atoms with van der Waals surface area (Å²) in [4.78, 5) is 10.9. The fourth-order valence-corrected chi connectivity index (χ4v) is 16.7. The molecule has 476 valence electrons. The second-order valence-electron chi connectivity index (χ2n) is 28.8. The molecule has 0 fully saturated rings. The molecule has 0 rings (SSSR count). The summed E-state index contributed by atoms with van der Waals surface area (Å²) in [6.45, 7) is 61.6. The van der Waals surface area contributed by atoms with E-state index in [-0.39, 0.29) is 55.4 Å². The minimum Gasteiger partial charge on any atom is -0.376 e. The van der Waals surface area contributed by atoms with E-state index in [0.717, 1.165) is 31.4 Å². The van der Waals surface area contributed by atoms with Crippen LogP contribution in [0.2, 0.25) is 0 Å². The van der Waals surface area contributed by atoms with Crippen molar-refractivity contribution in [3.8, 4) is 0 Å². The lowest BCUT2D eigenvalue weighted by atomic mass is 9.73. The van der Waals surface area contributed by atoms with Crippen molar-refractivity contribution in [1.29, 1.82) is 0 Å². The van der Waals surface area contributed by atoms with Crippen LogP contribution in [-0.2, 0) is 46.4 Å². The highest BCUT2D eigenvalue weighted by molar-refractivity contribution is 8.86. The van der Waals surface area contributed by atoms with Gasteiger partial charge in [0.1, 0.15) is 10.5 Å². The molecule has 1 amide bonds. The second kappa shape index (κ2) is 30.9. The summed E-state index contributed by atoms with van der Waals surface area (Å²) < 4.78 is 66.5. The normalized spacial score (nSPS) is 18.8. The molecule has 0 bridgehead atoms. The van der Waals surface area contributed by atoms with E-state index in [4.69, 9.17) is 59.0 Å². The van der Waals surface area contributed by atoms with Crippen LogP contribution in [0, 0.1) is 16.7 Å². The Kier molecular flexibility index (Phi) is 32.0. The van der Waals surface area contributed by atoms with Crippen LogP contribution in [0.5, 0.6) is 0 Å². The van der Waals surface area contributed by atoms with Crippen molar-refractivity contribution in [2.75, 3.05) is 64.6 Å². The Bertz CT molecular complexity index is 1750. The summed E-state index contributed by atoms with van der Waals surface area (Å²) in [6.07, 6.45) is 9.51. The highest BCUT2D eigenvalue weighted by Crippen LogP contribution is 2.70. The van der Waals surface area contributed by atoms with Crippen LogP contribution in [0.3, 0.4) is 0 Å². The Balaban J connectivity index is 0. The number of nitrogens with two attached hydrogens (primary N) is 1. The van der Waals surface area contributed by atoms with E-state index in [9.17, 15) is 9.35 Å². The molecule has 4 N–H and O–H groups in total. The Hall–Kier alpha value is 0.780. The molecule has 0 aliphatic rings. The molecule has 13 nitrogen and oxygen atoms in total. The number of ether oxygens (including phenoxy) is 7. The van der Waals surface area contributed by atoms with Crippen LogP contribution < -0.4 is 11.2 Å². The quantitative estimate of drug-likeness (QED) is 0.0172. The SMILES string of the molecule is CNOS(C)(CCCOC(C)(C)CCOC(C)(C)C(C)(C)CC(C)OC(C)C)C(C)(C)C(C)(C)OS(C)(S)C(C)(C)C(C)C.COC(C)(C)S(O)(S)CCCOC(C)(C)CCOC(C)(C)C(C)(C)CC(C)OC(C)(C)C(N)=O. The molecule has 0 saturated carbocycles. The highest BCUT2D eigenvalue weighted by atomic mass is 33.1. The number of carbonyl (C=O) groups excluding carboxylic acids is 1. The minimum absolute atomic E-state index is 0.0341. The fraction of sp³-hybridized carbons (Fsp3) is 0.983. The number of rotatable bonds is 39. The molecule has 78 heavy (non-hydrogen) atoms. The van der Waals surface area contributed by atoms with Crippen LogP contribution >= 0.6 is 52.3 Å². The number of hydrogen-bond acceptors (Lipinski definition) is 14. The van der Waals surface area contributed by atoms with Crippen molar-refractivity contribution in [1.82, 2.24) is 5.48 Å². The molecular weight excluding hydrogens is 1080 g/mol. The maximum atomic E-state index is 11.6. The van der Waals surface area contributed by atoms with Gasteiger partial charge >= 0.3 is 0 Å². The summed E-state index contributed by atoms with van der Waals surface area (Å²) >= 11 is 9.63. The molecule has 0 aromatic heterocycles. The van der Waals surface area contributed by atoms with Crippen molar-refractivity contribution in [3.63, 3.8) is 0 Å². The van der Waals surface area contributed by atoms with Gasteiger partial charge in [0.2, 0.25) is 5.91 Å². The van der Waals surface area contributed by atoms with Crippen molar-refractivity contribution in [2.24, 2.45) is 22.5 Å². The Morgan fingerprint density at radius 1 is 0.603 bits per heavy atom. The Morgan fingerprint density at radius 3 is 1.36 bits per heavy atom. The lowest BCUT2D eigenvalue weighted by molar-refractivity contribution is -0.157. The first kappa shape index (κ1) is 80.8. The smallest absolute Gasteiger partial charge is 0.249 e. The minimum atomic E-state index is -2.18. The first-order valence-corrected chi connectivity index (χ1v) is 36.7. The number of thiol groups is 2. The molecule has 0 aromatic rings. The first-order chi connectivity index (χ1) is 34.5. The predicted octanol–water partition coefficient (Wildman–Crippen LogP) is 16.2. The number of primary amides is 1. The Morgan fingerprint density at radius 2 is 1.00 bits per heavy atom. The maximum Gasteiger partial charge on any atom is 0.249 e. The molecule has 0 spiro atoms. The molecule has 0 aliphatic carbocycles. The van der Waals surface area contributed by atoms with E-state index in [1.807, 2.05) is 27.8 Å². The first-order valence-electron chi connectivity index (χ1n) is 28.8. The van der Waals surface area contributed by atoms with Crippen LogP contribution in [0.15, 0.2) is 0 Å². The predicted molar refractivity (Wildman–Crippen MR) is 349 cm³/mol. The zero-order valence-corrected chi connectivity index (χ0v) is 60.8. The molecular formula is C60H130N2O11S5. The van der Waals surface area contributed by atoms with Crippen molar-refractivity contribution < 1.29 is 51.0 Å². The number of hydroxylamine groups is 1. The average Bonchev–Trinajstić information content (AvgIpc) is 3.22. The van der Waals surface area contributed by atoms with Crippen LogP contribution in [-0.4, -0.2) is 141 Å². The van der Waals surface area contributed by atoms with Crippen molar-refractivity contribution >= 4 is 58.2 Å². The topological polar surface area (TPSA) is 158 Å². The van der Waals surface area contributed by atoms with Gasteiger partial charge in [0.25, 0.3) is 0 Å². The number of methoxy groups -OCH3 is 1. The van der Waals surface area contributed by atoms with Gasteiger partial charge < -0.3 is 47.6 Å². The van der Waals surface area contributed by atoms with Gasteiger partial charge in [-0.1, -0.05) is 60.2 Å². The van der Waals surface area contributed by atoms with Gasteiger partial charge in [-0.25, -0.2) is 0 Å². The molecule has 0 saturated heterocycles. The van der Waals surface area contributed by atoms with E-state index in [1.54, 1.807) is 21.0 Å². The third-order valence-corrected chi connectivity index (χ3v) is 31.4. The number of hydrogen-bond donors (Lipinski definition) is 5. The third-order valence-electron chi connectivity index (χ3n) is 17.8. The monoisotopic (exact) mass is 1210 g/mol. The lowest BCUT2D eigenvalue weighted by Gasteiger charge is -2.59. The average molecular weight is 1220 g/mol. The van der Waals surface area contributed by atoms with Gasteiger partial charge in [-0.3, -0.25) is 9.08 Å². The zero-order valence-electron chi connectivity index (χ0n) is 56.5. The van der Waals surface area contributed by atoms with Crippen LogP contribution in [0.1, 0.15) is 232 Å². The molecule has 0 radical (unpaired) electrons. The van der Waals surface area contributed by atoms with E-state index >= 15 is 0 Å². The van der Waals surface area contributed by atoms with Gasteiger partial charge in [0.15, 0.2) is 0 Å². The summed E-state index contributed by atoms with van der Waals surface area (Å²) in [5, 5.41) is 0. The number of amides is 1. The summed E-state index contributed by atoms with van der Waals surface area (Å²) in [5.41, 5.74) is 5.40. The van der Waals surface area contributed by atoms with E-state index < -0.39 is 56.6 Å². The standard InChI is InChI=1S/C35H77NO5S3.C25H53NO6S2/c1-27(2)32(10,11)44(20,42)40-34(14,15)35(16,17)43(19,41-36-18)25-21-23-37-31(8,9)22-24-38-33(12,13)30(6,7)26-29(5)39-28(3)4;1-19(32-23(6,7)20(26)27)18-21(2,3)24(8,9)31-16-14-22(4,5)30-15-13-17-34(28,33)25(10,11)29-12/h27-29,36,42H,21-26H2,1-20H3;19,28,33H,13-18H2,1-12H3,(H2,26,27). The summed E-state index contributed by atoms with van der Waals surface area (Å²) in [5.74, 6) is 1.40. The van der Waals surface area contributed by atoms with Crippen LogP contribution in [0.4, 0.5) is 0 Å². The van der Waals surface area contributed by atoms with Gasteiger partial charge in [0.05, 0.1) is 59.5 Å². The van der Waals surface area contributed by atoms with Gasteiger partial charge in [0, 0.05) is 48.4 Å². The maximum absolute atomic E-state index is 11.6. The van der Waals surface area contributed by atoms with Crippen molar-refractivity contribution in [3.05, 3.63) is 0 Å². The van der Waals surface area contributed by atoms with Gasteiger partial charge in [-0.2, -0.15) is 5.48 Å². The fourth-order valence-electron chi connectivity index (χ4n) is 8.51. The van der Waals surface area contributed by atoms with Gasteiger partial charge in [-0.05, 0) is 220 Å². The summed E-state index contributed by atoms with van der Waals surface area (Å²) in [7, 11) is -2.03. The molecule has 5 unspecified atom stereocenters. The second-order valence-corrected chi connectivity index (χ2v) is 41.8. The van der Waals surface area contributed by atoms with Crippen LogP contribution in [0.25, 0.3) is 0 Å². The molecule has 18 heteroatoms. The molecule has 5 atom stereocenters. The van der Waals surface area contributed by atoms with Crippen molar-refractivity contribution in [2.45, 2.75) is 299 Å².